The molecule has 0 aromatic carbocycles. The predicted molar refractivity (Wildman–Crippen MR) is 42.9 cm³/mol. The van der Waals surface area contributed by atoms with Crippen molar-refractivity contribution in [1.82, 2.24) is 0 Å². The topological polar surface area (TPSA) is 139 Å². The van der Waals surface area contributed by atoms with E-state index in [-0.39, 0.29) is 0 Å². The zero-order valence-corrected chi connectivity index (χ0v) is 7.13. The molecule has 0 bridgehead atoms. The number of aliphatic hydroxyl groups excluding tert-OH is 4. The maximum atomic E-state index is 9.43. The molecule has 5 atom stereocenters. The number of hydrogen-bond acceptors (Lipinski definition) is 6. The number of azide groups is 1. The highest BCUT2D eigenvalue weighted by Gasteiger charge is 2.43. The van der Waals surface area contributed by atoms with E-state index in [1.54, 1.807) is 0 Å². The minimum Gasteiger partial charge on any atom is -0.394 e. The summed E-state index contributed by atoms with van der Waals surface area (Å²) in [5.74, 6) is 0. The number of rotatable bonds is 2. The minimum absolute atomic E-state index is 0.539. The summed E-state index contributed by atoms with van der Waals surface area (Å²) in [5, 5.41) is 39.7. The molecule has 0 spiro atoms. The molecule has 0 aromatic heterocycles. The Hall–Kier alpha value is -0.890. The first-order valence-corrected chi connectivity index (χ1v) is 3.96. The van der Waals surface area contributed by atoms with Gasteiger partial charge in [0.2, 0.25) is 0 Å². The Morgan fingerprint density at radius 2 is 1.93 bits per heavy atom. The Kier molecular flexibility index (Phi) is 3.64. The lowest BCUT2D eigenvalue weighted by atomic mass is 9.97. The smallest absolute Gasteiger partial charge is 0.181 e. The Balaban J connectivity index is 2.82. The summed E-state index contributed by atoms with van der Waals surface area (Å²) in [7, 11) is 0. The van der Waals surface area contributed by atoms with Gasteiger partial charge in [0.1, 0.15) is 12.2 Å². The zero-order valence-electron chi connectivity index (χ0n) is 7.13. The highest BCUT2D eigenvalue weighted by Crippen LogP contribution is 2.22. The van der Waals surface area contributed by atoms with E-state index in [2.05, 4.69) is 14.8 Å². The van der Waals surface area contributed by atoms with E-state index in [0.29, 0.717) is 0 Å². The second kappa shape index (κ2) is 4.56. The van der Waals surface area contributed by atoms with Gasteiger partial charge in [-0.1, -0.05) is 5.11 Å². The van der Waals surface area contributed by atoms with Gasteiger partial charge in [-0.25, -0.2) is 0 Å². The van der Waals surface area contributed by atoms with Crippen LogP contribution in [0.25, 0.3) is 10.4 Å². The molecule has 0 unspecified atom stereocenters. The normalized spacial score (nSPS) is 43.0. The third-order valence-corrected chi connectivity index (χ3v) is 2.05. The second-order valence-electron chi connectivity index (χ2n) is 2.92. The fourth-order valence-corrected chi connectivity index (χ4v) is 1.28. The predicted octanol–water partition coefficient (Wildman–Crippen LogP) is -1.90. The summed E-state index contributed by atoms with van der Waals surface area (Å²) in [6.45, 7) is -0.539. The molecule has 4 N–H and O–H groups in total. The fraction of sp³-hybridized carbons (Fsp3) is 1.00. The van der Waals surface area contributed by atoms with Crippen molar-refractivity contribution in [3.05, 3.63) is 10.4 Å². The van der Waals surface area contributed by atoms with E-state index in [4.69, 9.17) is 15.7 Å². The summed E-state index contributed by atoms with van der Waals surface area (Å²) in [6.07, 6.45) is -5.48. The van der Waals surface area contributed by atoms with Crippen LogP contribution in [0.15, 0.2) is 5.11 Å². The lowest BCUT2D eigenvalue weighted by Crippen LogP contribution is -2.57. The van der Waals surface area contributed by atoms with Gasteiger partial charge < -0.3 is 25.2 Å². The van der Waals surface area contributed by atoms with Crippen molar-refractivity contribution in [3.63, 3.8) is 0 Å². The van der Waals surface area contributed by atoms with E-state index in [9.17, 15) is 10.2 Å². The van der Waals surface area contributed by atoms with E-state index in [1.807, 2.05) is 0 Å². The number of hydrogen-bond donors (Lipinski definition) is 4. The first-order valence-electron chi connectivity index (χ1n) is 3.96. The third-order valence-electron chi connectivity index (χ3n) is 2.05. The van der Waals surface area contributed by atoms with Crippen LogP contribution in [-0.2, 0) is 4.74 Å². The SMILES string of the molecule is [N-]=[N+]=N[C@@H]1[C@@H](O)[C@@H](O)O[C@H](CO)[C@@H]1O. The van der Waals surface area contributed by atoms with Crippen LogP contribution in [0.4, 0.5) is 0 Å². The number of aliphatic hydroxyl groups is 4. The molecule has 1 rings (SSSR count). The molecule has 1 heterocycles. The molecule has 0 saturated carbocycles. The number of nitrogens with zero attached hydrogens (tertiary/aromatic N) is 3. The largest absolute Gasteiger partial charge is 0.394 e. The van der Waals surface area contributed by atoms with Gasteiger partial charge in [-0.2, -0.15) is 0 Å². The lowest BCUT2D eigenvalue weighted by Gasteiger charge is -2.37. The van der Waals surface area contributed by atoms with Gasteiger partial charge in [-0.05, 0) is 5.53 Å². The van der Waals surface area contributed by atoms with Crippen LogP contribution >= 0.6 is 0 Å². The molecule has 1 saturated heterocycles. The summed E-state index contributed by atoms with van der Waals surface area (Å²) in [4.78, 5) is 2.42. The third kappa shape index (κ3) is 1.95. The highest BCUT2D eigenvalue weighted by atomic mass is 16.6. The average molecular weight is 205 g/mol. The molecular weight excluding hydrogens is 194 g/mol. The standard InChI is InChI=1S/C6H11N3O5/c7-9-8-3-4(11)2(1-10)14-6(13)5(3)12/h2-6,10-13H,1H2/t2-,3+,4+,5-,6+/m1/s1. The quantitative estimate of drug-likeness (QED) is 0.237. The van der Waals surface area contributed by atoms with Crippen LogP contribution in [0, 0.1) is 0 Å². The highest BCUT2D eigenvalue weighted by molar-refractivity contribution is 4.93. The average Bonchev–Trinajstić information content (AvgIpc) is 2.18. The molecule has 14 heavy (non-hydrogen) atoms. The molecule has 8 heteroatoms. The number of ether oxygens (including phenoxy) is 1. The van der Waals surface area contributed by atoms with Gasteiger partial charge in [0.15, 0.2) is 6.29 Å². The van der Waals surface area contributed by atoms with Gasteiger partial charge in [0.05, 0.1) is 18.8 Å². The lowest BCUT2D eigenvalue weighted by molar-refractivity contribution is -0.258. The molecule has 0 aromatic rings. The van der Waals surface area contributed by atoms with Crippen LogP contribution in [0.1, 0.15) is 0 Å². The Bertz CT molecular complexity index is 244. The molecule has 0 amide bonds. The van der Waals surface area contributed by atoms with Crippen molar-refractivity contribution < 1.29 is 25.2 Å². The van der Waals surface area contributed by atoms with Crippen molar-refractivity contribution in [1.29, 1.82) is 0 Å². The van der Waals surface area contributed by atoms with Crippen LogP contribution in [0.5, 0.6) is 0 Å². The van der Waals surface area contributed by atoms with Gasteiger partial charge in [-0.15, -0.1) is 0 Å². The molecule has 1 fully saturated rings. The van der Waals surface area contributed by atoms with E-state index < -0.39 is 37.3 Å². The van der Waals surface area contributed by atoms with Crippen molar-refractivity contribution >= 4 is 0 Å². The van der Waals surface area contributed by atoms with Crippen LogP contribution in [0.2, 0.25) is 0 Å². The molecule has 80 valence electrons. The summed E-state index contributed by atoms with van der Waals surface area (Å²) in [5.41, 5.74) is 8.15. The van der Waals surface area contributed by atoms with E-state index >= 15 is 0 Å². The molecule has 8 nitrogen and oxygen atoms in total. The Labute approximate surface area is 79.0 Å². The van der Waals surface area contributed by atoms with Crippen molar-refractivity contribution in [2.75, 3.05) is 6.61 Å². The summed E-state index contributed by atoms with van der Waals surface area (Å²) < 4.78 is 4.66. The Morgan fingerprint density at radius 3 is 2.43 bits per heavy atom. The maximum absolute atomic E-state index is 9.43. The molecule has 1 aliphatic heterocycles. The second-order valence-corrected chi connectivity index (χ2v) is 2.92. The molecular formula is C6H11N3O5. The van der Waals surface area contributed by atoms with Gasteiger partial charge in [0.25, 0.3) is 0 Å². The molecule has 0 radical (unpaired) electrons. The van der Waals surface area contributed by atoms with Crippen LogP contribution in [0.3, 0.4) is 0 Å². The van der Waals surface area contributed by atoms with Gasteiger partial charge in [-0.3, -0.25) is 0 Å². The first-order chi connectivity index (χ1) is 6.61. The van der Waals surface area contributed by atoms with Crippen LogP contribution in [-0.4, -0.2) is 57.7 Å². The fourth-order valence-electron chi connectivity index (χ4n) is 1.28. The van der Waals surface area contributed by atoms with Gasteiger partial charge >= 0.3 is 0 Å². The van der Waals surface area contributed by atoms with Crippen LogP contribution < -0.4 is 0 Å². The van der Waals surface area contributed by atoms with E-state index in [1.165, 1.54) is 0 Å². The van der Waals surface area contributed by atoms with E-state index in [0.717, 1.165) is 0 Å². The van der Waals surface area contributed by atoms with Crippen molar-refractivity contribution in [2.24, 2.45) is 5.11 Å². The van der Waals surface area contributed by atoms with Gasteiger partial charge in [0, 0.05) is 4.91 Å². The molecule has 0 aliphatic carbocycles. The summed E-state index contributed by atoms with van der Waals surface area (Å²) in [6, 6.07) is -1.22. The summed E-state index contributed by atoms with van der Waals surface area (Å²) >= 11 is 0. The molecule has 1 aliphatic rings. The van der Waals surface area contributed by atoms with Crippen molar-refractivity contribution in [3.8, 4) is 0 Å². The zero-order chi connectivity index (χ0) is 10.7. The monoisotopic (exact) mass is 205 g/mol. The minimum atomic E-state index is -1.58. The Morgan fingerprint density at radius 1 is 1.29 bits per heavy atom. The van der Waals surface area contributed by atoms with Crippen molar-refractivity contribution in [2.45, 2.75) is 30.6 Å². The first kappa shape index (κ1) is 11.2. The maximum Gasteiger partial charge on any atom is 0.181 e.